The molecule has 2 aliphatic rings. The highest BCUT2D eigenvalue weighted by Crippen LogP contribution is 2.33. The summed E-state index contributed by atoms with van der Waals surface area (Å²) in [7, 11) is 0. The van der Waals surface area contributed by atoms with Gasteiger partial charge in [-0.05, 0) is 51.7 Å². The van der Waals surface area contributed by atoms with Crippen LogP contribution in [0.2, 0.25) is 0 Å². The first-order valence-electron chi connectivity index (χ1n) is 12.3. The quantitative estimate of drug-likeness (QED) is 0.466. The van der Waals surface area contributed by atoms with Crippen LogP contribution in [0.4, 0.5) is 11.6 Å². The van der Waals surface area contributed by atoms with E-state index in [1.54, 1.807) is 16.9 Å². The number of ether oxygens (including phenoxy) is 2. The first-order chi connectivity index (χ1) is 17.1. The molecule has 0 spiro atoms. The fourth-order valence-corrected chi connectivity index (χ4v) is 5.04. The van der Waals surface area contributed by atoms with Crippen molar-refractivity contribution in [3.8, 4) is 5.75 Å². The lowest BCUT2D eigenvalue weighted by molar-refractivity contribution is 0.122. The SMILES string of the molecule is Cc1cc(C)n2nc(NC3CCC(Oc4cc(N5CCOCC5)cc5nccnc45)CC3)nc2n1. The number of hydrogen-bond acceptors (Lipinski definition) is 9. The smallest absolute Gasteiger partial charge is 0.254 e. The molecule has 0 amide bonds. The Morgan fingerprint density at radius 3 is 2.60 bits per heavy atom. The third-order valence-electron chi connectivity index (χ3n) is 6.82. The molecule has 4 aromatic rings. The molecule has 3 aromatic heterocycles. The molecule has 1 saturated carbocycles. The average molecular weight is 475 g/mol. The molecule has 10 heteroatoms. The van der Waals surface area contributed by atoms with Crippen LogP contribution in [-0.4, -0.2) is 68.0 Å². The number of rotatable bonds is 5. The molecule has 10 nitrogen and oxygen atoms in total. The van der Waals surface area contributed by atoms with E-state index in [1.165, 1.54) is 0 Å². The zero-order chi connectivity index (χ0) is 23.8. The molecule has 182 valence electrons. The summed E-state index contributed by atoms with van der Waals surface area (Å²) in [5.41, 5.74) is 4.76. The van der Waals surface area contributed by atoms with Crippen LogP contribution >= 0.6 is 0 Å². The van der Waals surface area contributed by atoms with Crippen LogP contribution in [0.15, 0.2) is 30.6 Å². The molecule has 1 aliphatic carbocycles. The van der Waals surface area contributed by atoms with Gasteiger partial charge in [0.2, 0.25) is 5.95 Å². The normalized spacial score (nSPS) is 20.9. The zero-order valence-corrected chi connectivity index (χ0v) is 20.1. The molecule has 0 bridgehead atoms. The van der Waals surface area contributed by atoms with Crippen LogP contribution < -0.4 is 15.0 Å². The van der Waals surface area contributed by atoms with E-state index in [1.807, 2.05) is 19.9 Å². The fraction of sp³-hybridized carbons (Fsp3) is 0.480. The van der Waals surface area contributed by atoms with Gasteiger partial charge in [0.15, 0.2) is 0 Å². The van der Waals surface area contributed by atoms with Gasteiger partial charge in [0.25, 0.3) is 5.78 Å². The number of morpholine rings is 1. The number of nitrogens with one attached hydrogen (secondary N) is 1. The minimum atomic E-state index is 0.138. The molecule has 4 heterocycles. The predicted molar refractivity (Wildman–Crippen MR) is 133 cm³/mol. The Morgan fingerprint density at radius 2 is 1.77 bits per heavy atom. The Labute approximate surface area is 203 Å². The minimum absolute atomic E-state index is 0.138. The summed E-state index contributed by atoms with van der Waals surface area (Å²) < 4.78 is 13.9. The van der Waals surface area contributed by atoms with Crippen molar-refractivity contribution in [1.82, 2.24) is 29.5 Å². The number of benzene rings is 1. The van der Waals surface area contributed by atoms with E-state index < -0.39 is 0 Å². The summed E-state index contributed by atoms with van der Waals surface area (Å²) in [6.07, 6.45) is 7.47. The summed E-state index contributed by atoms with van der Waals surface area (Å²) in [6, 6.07) is 6.53. The van der Waals surface area contributed by atoms with Crippen LogP contribution in [0.25, 0.3) is 16.8 Å². The van der Waals surface area contributed by atoms with Gasteiger partial charge in [-0.2, -0.15) is 9.50 Å². The van der Waals surface area contributed by atoms with Crippen molar-refractivity contribution >= 4 is 28.4 Å². The number of hydrogen-bond donors (Lipinski definition) is 1. The molecule has 1 aromatic carbocycles. The first-order valence-corrected chi connectivity index (χ1v) is 12.3. The highest BCUT2D eigenvalue weighted by Gasteiger charge is 2.25. The predicted octanol–water partition coefficient (Wildman–Crippen LogP) is 3.32. The zero-order valence-electron chi connectivity index (χ0n) is 20.1. The third-order valence-corrected chi connectivity index (χ3v) is 6.82. The van der Waals surface area contributed by atoms with Crippen molar-refractivity contribution < 1.29 is 9.47 Å². The highest BCUT2D eigenvalue weighted by atomic mass is 16.5. The van der Waals surface area contributed by atoms with Crippen molar-refractivity contribution in [3.05, 3.63) is 42.0 Å². The second kappa shape index (κ2) is 9.26. The number of aryl methyl sites for hydroxylation is 2. The number of nitrogens with zero attached hydrogens (tertiary/aromatic N) is 7. The molecule has 0 atom stereocenters. The number of aromatic nitrogens is 6. The van der Waals surface area contributed by atoms with Crippen molar-refractivity contribution in [2.24, 2.45) is 0 Å². The van der Waals surface area contributed by atoms with Crippen molar-refractivity contribution in [1.29, 1.82) is 0 Å². The minimum Gasteiger partial charge on any atom is -0.488 e. The van der Waals surface area contributed by atoms with Crippen molar-refractivity contribution in [3.63, 3.8) is 0 Å². The van der Waals surface area contributed by atoms with E-state index in [0.717, 1.165) is 85.8 Å². The Balaban J connectivity index is 1.14. The molecule has 1 N–H and O–H groups in total. The van der Waals surface area contributed by atoms with Gasteiger partial charge in [-0.1, -0.05) is 0 Å². The van der Waals surface area contributed by atoms with E-state index in [0.29, 0.717) is 17.8 Å². The third kappa shape index (κ3) is 4.58. The van der Waals surface area contributed by atoms with Gasteiger partial charge in [0, 0.05) is 54.7 Å². The van der Waals surface area contributed by atoms with E-state index in [4.69, 9.17) is 9.47 Å². The fourth-order valence-electron chi connectivity index (χ4n) is 5.04. The van der Waals surface area contributed by atoms with E-state index in [9.17, 15) is 0 Å². The van der Waals surface area contributed by atoms with Crippen LogP contribution in [0.5, 0.6) is 5.75 Å². The summed E-state index contributed by atoms with van der Waals surface area (Å²) >= 11 is 0. The van der Waals surface area contributed by atoms with Gasteiger partial charge in [-0.25, -0.2) is 9.97 Å². The molecular formula is C25H30N8O2. The van der Waals surface area contributed by atoms with Gasteiger partial charge in [-0.3, -0.25) is 4.98 Å². The Bertz CT molecular complexity index is 1340. The topological polar surface area (TPSA) is 103 Å². The molecule has 35 heavy (non-hydrogen) atoms. The van der Waals surface area contributed by atoms with E-state index in [2.05, 4.69) is 47.4 Å². The Morgan fingerprint density at radius 1 is 0.971 bits per heavy atom. The summed E-state index contributed by atoms with van der Waals surface area (Å²) in [4.78, 5) is 20.5. The van der Waals surface area contributed by atoms with E-state index in [-0.39, 0.29) is 6.10 Å². The summed E-state index contributed by atoms with van der Waals surface area (Å²) in [5.74, 6) is 2.08. The monoisotopic (exact) mass is 474 g/mol. The lowest BCUT2D eigenvalue weighted by Crippen LogP contribution is -2.36. The van der Waals surface area contributed by atoms with Gasteiger partial charge in [-0.15, -0.1) is 5.10 Å². The second-order valence-corrected chi connectivity index (χ2v) is 9.39. The maximum Gasteiger partial charge on any atom is 0.254 e. The maximum atomic E-state index is 6.54. The highest BCUT2D eigenvalue weighted by molar-refractivity contribution is 5.85. The Kier molecular flexibility index (Phi) is 5.81. The average Bonchev–Trinajstić information content (AvgIpc) is 3.28. The lowest BCUT2D eigenvalue weighted by Gasteiger charge is -2.31. The number of anilines is 2. The van der Waals surface area contributed by atoms with Gasteiger partial charge >= 0.3 is 0 Å². The van der Waals surface area contributed by atoms with Crippen LogP contribution in [-0.2, 0) is 4.74 Å². The molecule has 2 fully saturated rings. The Hall–Kier alpha value is -3.53. The van der Waals surface area contributed by atoms with Gasteiger partial charge < -0.3 is 19.7 Å². The standard InChI is InChI=1S/C25H30N8O2/c1-16-13-17(2)33-25(28-16)30-24(31-33)29-18-3-5-20(6-4-18)35-22-15-19(32-9-11-34-12-10-32)14-21-23(22)27-8-7-26-21/h7-8,13-15,18,20H,3-6,9-12H2,1-2H3,(H,29,31). The van der Waals surface area contributed by atoms with E-state index >= 15 is 0 Å². The molecule has 1 saturated heterocycles. The number of fused-ring (bicyclic) bond motifs is 2. The molecular weight excluding hydrogens is 444 g/mol. The summed E-state index contributed by atoms with van der Waals surface area (Å²) in [6.45, 7) is 7.21. The molecule has 6 rings (SSSR count). The lowest BCUT2D eigenvalue weighted by atomic mass is 9.93. The molecule has 0 unspecified atom stereocenters. The molecule has 1 aliphatic heterocycles. The maximum absolute atomic E-state index is 6.54. The molecule has 0 radical (unpaired) electrons. The largest absolute Gasteiger partial charge is 0.488 e. The van der Waals surface area contributed by atoms with Crippen molar-refractivity contribution in [2.45, 2.75) is 51.7 Å². The van der Waals surface area contributed by atoms with Gasteiger partial charge in [0.05, 0.1) is 24.8 Å². The van der Waals surface area contributed by atoms with Gasteiger partial charge in [0.1, 0.15) is 11.3 Å². The van der Waals surface area contributed by atoms with Crippen molar-refractivity contribution in [2.75, 3.05) is 36.5 Å². The summed E-state index contributed by atoms with van der Waals surface area (Å²) in [5, 5.41) is 8.10. The first kappa shape index (κ1) is 22.0. The second-order valence-electron chi connectivity index (χ2n) is 9.39. The van der Waals surface area contributed by atoms with Crippen LogP contribution in [0, 0.1) is 13.8 Å². The van der Waals surface area contributed by atoms with Crippen LogP contribution in [0.1, 0.15) is 37.1 Å². The van der Waals surface area contributed by atoms with Crippen LogP contribution in [0.3, 0.4) is 0 Å².